The smallest absolute Gasteiger partial charge is 0.338 e. The Morgan fingerprint density at radius 3 is 2.56 bits per heavy atom. The number of fused-ring (bicyclic) bond motifs is 1. The second kappa shape index (κ2) is 7.04. The van der Waals surface area contributed by atoms with Crippen molar-refractivity contribution in [3.05, 3.63) is 39.8 Å². The standard InChI is InChI=1S/C18H23N3O4/c1-6-21-14-8-7-12(9-13(14)19-11(2)16(21)23)17(24)25-10-15(22)20-18(3,4)5/h7-9H,6,10H2,1-5H3,(H,20,22). The molecule has 0 atom stereocenters. The fourth-order valence-electron chi connectivity index (χ4n) is 2.48. The summed E-state index contributed by atoms with van der Waals surface area (Å²) in [4.78, 5) is 40.2. The predicted octanol–water partition coefficient (Wildman–Crippen LogP) is 1.80. The number of rotatable bonds is 4. The first-order valence-corrected chi connectivity index (χ1v) is 8.11. The number of nitrogens with one attached hydrogen (secondary N) is 1. The van der Waals surface area contributed by atoms with Gasteiger partial charge in [0.25, 0.3) is 11.5 Å². The highest BCUT2D eigenvalue weighted by Crippen LogP contribution is 2.14. The van der Waals surface area contributed by atoms with Crippen LogP contribution in [0.1, 0.15) is 43.7 Å². The van der Waals surface area contributed by atoms with E-state index in [1.807, 2.05) is 27.7 Å². The lowest BCUT2D eigenvalue weighted by atomic mass is 10.1. The van der Waals surface area contributed by atoms with Crippen LogP contribution in [0.4, 0.5) is 0 Å². The molecule has 25 heavy (non-hydrogen) atoms. The summed E-state index contributed by atoms with van der Waals surface area (Å²) in [7, 11) is 0. The summed E-state index contributed by atoms with van der Waals surface area (Å²) in [6.07, 6.45) is 0. The Bertz CT molecular complexity index is 878. The minimum absolute atomic E-state index is 0.149. The SMILES string of the molecule is CCn1c(=O)c(C)nc2cc(C(=O)OCC(=O)NC(C)(C)C)ccc21. The molecule has 1 amide bonds. The minimum atomic E-state index is -0.611. The van der Waals surface area contributed by atoms with Gasteiger partial charge in [0.1, 0.15) is 5.69 Å². The van der Waals surface area contributed by atoms with Crippen molar-refractivity contribution in [1.29, 1.82) is 0 Å². The van der Waals surface area contributed by atoms with Crippen LogP contribution in [-0.2, 0) is 16.1 Å². The van der Waals surface area contributed by atoms with Crippen LogP contribution in [0.5, 0.6) is 0 Å². The lowest BCUT2D eigenvalue weighted by molar-refractivity contribution is -0.125. The third kappa shape index (κ3) is 4.43. The number of carbonyl (C=O) groups excluding carboxylic acids is 2. The van der Waals surface area contributed by atoms with Crippen LogP contribution in [0.25, 0.3) is 11.0 Å². The summed E-state index contributed by atoms with van der Waals surface area (Å²) in [6.45, 7) is 9.20. The third-order valence-corrected chi connectivity index (χ3v) is 3.51. The van der Waals surface area contributed by atoms with E-state index >= 15 is 0 Å². The van der Waals surface area contributed by atoms with Crippen molar-refractivity contribution in [2.75, 3.05) is 6.61 Å². The van der Waals surface area contributed by atoms with Gasteiger partial charge in [0, 0.05) is 12.1 Å². The Morgan fingerprint density at radius 2 is 1.96 bits per heavy atom. The average molecular weight is 345 g/mol. The fraction of sp³-hybridized carbons (Fsp3) is 0.444. The van der Waals surface area contributed by atoms with E-state index < -0.39 is 11.5 Å². The Labute approximate surface area is 146 Å². The number of ether oxygens (including phenoxy) is 1. The van der Waals surface area contributed by atoms with E-state index in [1.165, 1.54) is 0 Å². The number of hydrogen-bond donors (Lipinski definition) is 1. The van der Waals surface area contributed by atoms with E-state index in [2.05, 4.69) is 10.3 Å². The normalized spacial score (nSPS) is 11.4. The fourth-order valence-corrected chi connectivity index (χ4v) is 2.48. The predicted molar refractivity (Wildman–Crippen MR) is 94.6 cm³/mol. The third-order valence-electron chi connectivity index (χ3n) is 3.51. The lowest BCUT2D eigenvalue weighted by Crippen LogP contribution is -2.42. The molecule has 0 fully saturated rings. The first-order chi connectivity index (χ1) is 11.6. The number of aromatic nitrogens is 2. The van der Waals surface area contributed by atoms with Crippen molar-refractivity contribution in [1.82, 2.24) is 14.9 Å². The monoisotopic (exact) mass is 345 g/mol. The molecule has 0 aliphatic heterocycles. The number of esters is 1. The summed E-state index contributed by atoms with van der Waals surface area (Å²) >= 11 is 0. The number of carbonyl (C=O) groups is 2. The number of hydrogen-bond acceptors (Lipinski definition) is 5. The molecule has 1 aromatic carbocycles. The van der Waals surface area contributed by atoms with Crippen LogP contribution < -0.4 is 10.9 Å². The quantitative estimate of drug-likeness (QED) is 0.853. The molecule has 0 aliphatic carbocycles. The highest BCUT2D eigenvalue weighted by atomic mass is 16.5. The summed E-state index contributed by atoms with van der Waals surface area (Å²) < 4.78 is 6.65. The molecule has 0 radical (unpaired) electrons. The number of amides is 1. The van der Waals surface area contributed by atoms with Gasteiger partial charge in [-0.15, -0.1) is 0 Å². The molecular formula is C18H23N3O4. The van der Waals surface area contributed by atoms with Gasteiger partial charge >= 0.3 is 5.97 Å². The molecule has 0 saturated carbocycles. The Balaban J connectivity index is 2.21. The molecule has 0 unspecified atom stereocenters. The first-order valence-electron chi connectivity index (χ1n) is 8.11. The zero-order valence-corrected chi connectivity index (χ0v) is 15.2. The van der Waals surface area contributed by atoms with Gasteiger partial charge in [0.2, 0.25) is 0 Å². The van der Waals surface area contributed by atoms with Crippen molar-refractivity contribution in [2.45, 2.75) is 46.7 Å². The van der Waals surface area contributed by atoms with Crippen LogP contribution in [0.2, 0.25) is 0 Å². The summed E-state index contributed by atoms with van der Waals surface area (Å²) in [5.74, 6) is -0.977. The molecule has 1 N–H and O–H groups in total. The van der Waals surface area contributed by atoms with E-state index in [1.54, 1.807) is 29.7 Å². The Kier molecular flexibility index (Phi) is 5.25. The Hall–Kier alpha value is -2.70. The number of nitrogens with zero attached hydrogens (tertiary/aromatic N) is 2. The molecule has 7 heteroatoms. The zero-order chi connectivity index (χ0) is 18.8. The molecule has 134 valence electrons. The molecule has 2 rings (SSSR count). The van der Waals surface area contributed by atoms with Gasteiger partial charge in [-0.1, -0.05) is 0 Å². The van der Waals surface area contributed by atoms with E-state index in [9.17, 15) is 14.4 Å². The molecule has 1 heterocycles. The van der Waals surface area contributed by atoms with E-state index in [4.69, 9.17) is 4.74 Å². The highest BCUT2D eigenvalue weighted by molar-refractivity contribution is 5.94. The van der Waals surface area contributed by atoms with Crippen molar-refractivity contribution in [3.63, 3.8) is 0 Å². The average Bonchev–Trinajstić information content (AvgIpc) is 2.52. The van der Waals surface area contributed by atoms with Crippen molar-refractivity contribution < 1.29 is 14.3 Å². The van der Waals surface area contributed by atoms with Crippen molar-refractivity contribution in [2.24, 2.45) is 0 Å². The molecule has 1 aromatic heterocycles. The Morgan fingerprint density at radius 1 is 1.28 bits per heavy atom. The van der Waals surface area contributed by atoms with Crippen LogP contribution in [-0.4, -0.2) is 33.6 Å². The van der Waals surface area contributed by atoms with Gasteiger partial charge in [-0.05, 0) is 52.8 Å². The van der Waals surface area contributed by atoms with Crippen molar-refractivity contribution in [3.8, 4) is 0 Å². The lowest BCUT2D eigenvalue weighted by Gasteiger charge is -2.20. The van der Waals surface area contributed by atoms with E-state index in [0.29, 0.717) is 23.3 Å². The molecule has 7 nitrogen and oxygen atoms in total. The van der Waals surface area contributed by atoms with Gasteiger partial charge in [-0.25, -0.2) is 9.78 Å². The van der Waals surface area contributed by atoms with Crippen LogP contribution in [0.15, 0.2) is 23.0 Å². The topological polar surface area (TPSA) is 90.3 Å². The second-order valence-electron chi connectivity index (χ2n) is 6.82. The van der Waals surface area contributed by atoms with Crippen LogP contribution in [0.3, 0.4) is 0 Å². The molecule has 0 spiro atoms. The molecule has 2 aromatic rings. The summed E-state index contributed by atoms with van der Waals surface area (Å²) in [5, 5.41) is 2.72. The maximum Gasteiger partial charge on any atom is 0.338 e. The molecule has 0 aliphatic rings. The maximum absolute atomic E-state index is 12.2. The van der Waals surface area contributed by atoms with Gasteiger partial charge in [-0.2, -0.15) is 0 Å². The van der Waals surface area contributed by atoms with Gasteiger partial charge in [-0.3, -0.25) is 9.59 Å². The van der Waals surface area contributed by atoms with Crippen LogP contribution in [0, 0.1) is 6.92 Å². The largest absolute Gasteiger partial charge is 0.452 e. The second-order valence-corrected chi connectivity index (χ2v) is 6.82. The molecule has 0 saturated heterocycles. The number of aryl methyl sites for hydroxylation is 2. The van der Waals surface area contributed by atoms with E-state index in [-0.39, 0.29) is 23.6 Å². The van der Waals surface area contributed by atoms with Gasteiger partial charge in [0.15, 0.2) is 6.61 Å². The first kappa shape index (κ1) is 18.6. The molecule has 0 bridgehead atoms. The zero-order valence-electron chi connectivity index (χ0n) is 15.2. The van der Waals surface area contributed by atoms with Crippen molar-refractivity contribution >= 4 is 22.9 Å². The number of benzene rings is 1. The maximum atomic E-state index is 12.2. The summed E-state index contributed by atoms with van der Waals surface area (Å²) in [6, 6.07) is 4.80. The summed E-state index contributed by atoms with van der Waals surface area (Å²) in [5.41, 5.74) is 1.29. The van der Waals surface area contributed by atoms with Gasteiger partial charge in [0.05, 0.1) is 16.6 Å². The van der Waals surface area contributed by atoms with Gasteiger partial charge < -0.3 is 14.6 Å². The van der Waals surface area contributed by atoms with Crippen LogP contribution >= 0.6 is 0 Å². The molecular weight excluding hydrogens is 322 g/mol. The minimum Gasteiger partial charge on any atom is -0.452 e. The van der Waals surface area contributed by atoms with E-state index in [0.717, 1.165) is 0 Å². The highest BCUT2D eigenvalue weighted by Gasteiger charge is 2.17.